The van der Waals surface area contributed by atoms with Crippen LogP contribution in [0.3, 0.4) is 0 Å². The van der Waals surface area contributed by atoms with E-state index in [1.165, 1.54) is 6.20 Å². The molecule has 172 valence electrons. The summed E-state index contributed by atoms with van der Waals surface area (Å²) in [6.07, 6.45) is 0.468. The molecular weight excluding hydrogens is 442 g/mol. The zero-order chi connectivity index (χ0) is 23.8. The number of H-pyrrole nitrogens is 1. The summed E-state index contributed by atoms with van der Waals surface area (Å²) in [5.41, 5.74) is 5.01. The fourth-order valence-electron chi connectivity index (χ4n) is 4.55. The first-order valence-corrected chi connectivity index (χ1v) is 10.7. The van der Waals surface area contributed by atoms with Crippen molar-refractivity contribution < 1.29 is 28.2 Å². The van der Waals surface area contributed by atoms with Crippen LogP contribution in [0.1, 0.15) is 22.6 Å². The Morgan fingerprint density at radius 2 is 1.62 bits per heavy atom. The standard InChI is InChI=1S/C26H20F2N2O4/c27-21-10-19-14(12-29-23(19)11-22(21)28)9-24(25(31)32)30-26(33)34-13-20-17-7-3-1-5-15(17)16-6-2-4-8-18(16)20/h1-8,10-12,20,24,29H,9,13H2,(H,30,33)(H,31,32)/t24-/m1/s1. The van der Waals surface area contributed by atoms with Crippen LogP contribution in [-0.2, 0) is 16.0 Å². The summed E-state index contributed by atoms with van der Waals surface area (Å²) in [6, 6.07) is 16.5. The highest BCUT2D eigenvalue weighted by Gasteiger charge is 2.30. The first-order valence-electron chi connectivity index (χ1n) is 10.7. The summed E-state index contributed by atoms with van der Waals surface area (Å²) in [5.74, 6) is -3.48. The van der Waals surface area contributed by atoms with Gasteiger partial charge in [0.2, 0.25) is 0 Å². The molecule has 8 heteroatoms. The molecule has 1 aliphatic carbocycles. The minimum Gasteiger partial charge on any atom is -0.480 e. The Morgan fingerprint density at radius 1 is 1.00 bits per heavy atom. The van der Waals surface area contributed by atoms with E-state index < -0.39 is 29.7 Å². The predicted molar refractivity (Wildman–Crippen MR) is 122 cm³/mol. The molecule has 1 heterocycles. The molecule has 0 unspecified atom stereocenters. The van der Waals surface area contributed by atoms with Crippen LogP contribution in [0.15, 0.2) is 66.9 Å². The monoisotopic (exact) mass is 462 g/mol. The van der Waals surface area contributed by atoms with Crippen molar-refractivity contribution in [2.75, 3.05) is 6.61 Å². The number of halogens is 2. The number of alkyl carbamates (subject to hydrolysis) is 1. The van der Waals surface area contributed by atoms with Crippen molar-refractivity contribution in [3.63, 3.8) is 0 Å². The smallest absolute Gasteiger partial charge is 0.407 e. The topological polar surface area (TPSA) is 91.4 Å². The number of nitrogens with one attached hydrogen (secondary N) is 2. The van der Waals surface area contributed by atoms with Gasteiger partial charge in [-0.15, -0.1) is 0 Å². The number of carbonyl (C=O) groups excluding carboxylic acids is 1. The Kier molecular flexibility index (Phi) is 5.49. The number of aromatic nitrogens is 1. The average molecular weight is 462 g/mol. The molecule has 1 amide bonds. The summed E-state index contributed by atoms with van der Waals surface area (Å²) in [5, 5.41) is 12.3. The van der Waals surface area contributed by atoms with Gasteiger partial charge in [-0.2, -0.15) is 0 Å². The Hall–Kier alpha value is -4.20. The molecule has 0 aliphatic heterocycles. The van der Waals surface area contributed by atoms with Crippen LogP contribution in [0.2, 0.25) is 0 Å². The van der Waals surface area contributed by atoms with Gasteiger partial charge in [0, 0.05) is 35.5 Å². The van der Waals surface area contributed by atoms with Crippen LogP contribution in [-0.4, -0.2) is 34.8 Å². The molecule has 4 aromatic rings. The molecule has 0 fully saturated rings. The van der Waals surface area contributed by atoms with Gasteiger partial charge in [0.1, 0.15) is 12.6 Å². The largest absolute Gasteiger partial charge is 0.480 e. The number of aromatic amines is 1. The second-order valence-corrected chi connectivity index (χ2v) is 8.19. The first-order chi connectivity index (χ1) is 16.4. The number of carboxylic acids is 1. The SMILES string of the molecule is O=C(N[C@H](Cc1c[nH]c2cc(F)c(F)cc12)C(=O)O)OCC1c2ccccc2-c2ccccc21. The van der Waals surface area contributed by atoms with E-state index in [9.17, 15) is 23.5 Å². The summed E-state index contributed by atoms with van der Waals surface area (Å²) in [6.45, 7) is 0.0454. The van der Waals surface area contributed by atoms with Gasteiger partial charge in [-0.3, -0.25) is 0 Å². The Bertz CT molecular complexity index is 1370. The van der Waals surface area contributed by atoms with E-state index in [1.54, 1.807) is 0 Å². The van der Waals surface area contributed by atoms with Crippen LogP contribution in [0, 0.1) is 11.6 Å². The maximum atomic E-state index is 13.7. The normalized spacial score (nSPS) is 13.4. The van der Waals surface area contributed by atoms with Gasteiger partial charge in [0.25, 0.3) is 0 Å². The minimum atomic E-state index is -1.32. The van der Waals surface area contributed by atoms with Gasteiger partial charge in [0.05, 0.1) is 0 Å². The first kappa shape index (κ1) is 21.6. The van der Waals surface area contributed by atoms with Gasteiger partial charge < -0.3 is 20.1 Å². The number of carboxylic acid groups (broad SMARTS) is 1. The van der Waals surface area contributed by atoms with Gasteiger partial charge >= 0.3 is 12.1 Å². The maximum Gasteiger partial charge on any atom is 0.407 e. The molecule has 1 atom stereocenters. The highest BCUT2D eigenvalue weighted by atomic mass is 19.2. The number of amides is 1. The van der Waals surface area contributed by atoms with E-state index in [0.29, 0.717) is 16.5 Å². The lowest BCUT2D eigenvalue weighted by Crippen LogP contribution is -2.42. The molecule has 3 aromatic carbocycles. The third kappa shape index (κ3) is 3.87. The van der Waals surface area contributed by atoms with Gasteiger partial charge in [0.15, 0.2) is 11.6 Å². The van der Waals surface area contributed by atoms with E-state index >= 15 is 0 Å². The van der Waals surface area contributed by atoms with Crippen LogP contribution in [0.4, 0.5) is 13.6 Å². The van der Waals surface area contributed by atoms with Crippen LogP contribution in [0.5, 0.6) is 0 Å². The molecule has 1 aliphatic rings. The van der Waals surface area contributed by atoms with Crippen molar-refractivity contribution >= 4 is 23.0 Å². The van der Waals surface area contributed by atoms with Crippen molar-refractivity contribution in [1.29, 1.82) is 0 Å². The third-order valence-corrected chi connectivity index (χ3v) is 6.17. The van der Waals surface area contributed by atoms with Crippen LogP contribution >= 0.6 is 0 Å². The van der Waals surface area contributed by atoms with E-state index in [4.69, 9.17) is 4.74 Å². The highest BCUT2D eigenvalue weighted by molar-refractivity contribution is 5.86. The van der Waals surface area contributed by atoms with Crippen molar-refractivity contribution in [3.05, 3.63) is 95.2 Å². The molecule has 0 saturated carbocycles. The summed E-state index contributed by atoms with van der Waals surface area (Å²) >= 11 is 0. The number of fused-ring (bicyclic) bond motifs is 4. The number of carbonyl (C=O) groups is 2. The number of rotatable bonds is 6. The molecule has 34 heavy (non-hydrogen) atoms. The van der Waals surface area contributed by atoms with E-state index in [0.717, 1.165) is 34.4 Å². The minimum absolute atomic E-state index is 0.0454. The van der Waals surface area contributed by atoms with E-state index in [2.05, 4.69) is 10.3 Å². The number of hydrogen-bond donors (Lipinski definition) is 3. The summed E-state index contributed by atoms with van der Waals surface area (Å²) in [4.78, 5) is 27.1. The third-order valence-electron chi connectivity index (χ3n) is 6.17. The second-order valence-electron chi connectivity index (χ2n) is 8.19. The predicted octanol–water partition coefficient (Wildman–Crippen LogP) is 4.98. The van der Waals surface area contributed by atoms with Gasteiger partial charge in [-0.25, -0.2) is 18.4 Å². The van der Waals surface area contributed by atoms with Gasteiger partial charge in [-0.05, 0) is 33.9 Å². The van der Waals surface area contributed by atoms with Crippen molar-refractivity contribution in [2.45, 2.75) is 18.4 Å². The molecule has 6 nitrogen and oxygen atoms in total. The number of hydrogen-bond acceptors (Lipinski definition) is 3. The molecule has 3 N–H and O–H groups in total. The molecular formula is C26H20F2N2O4. The second kappa shape index (κ2) is 8.62. The fourth-order valence-corrected chi connectivity index (χ4v) is 4.55. The quantitative estimate of drug-likeness (QED) is 0.377. The fraction of sp³-hybridized carbons (Fsp3) is 0.154. The Labute approximate surface area is 193 Å². The Balaban J connectivity index is 1.29. The van der Waals surface area contributed by atoms with Crippen molar-refractivity contribution in [3.8, 4) is 11.1 Å². The van der Waals surface area contributed by atoms with Crippen LogP contribution < -0.4 is 5.32 Å². The number of ether oxygens (including phenoxy) is 1. The van der Waals surface area contributed by atoms with Crippen molar-refractivity contribution in [1.82, 2.24) is 10.3 Å². The van der Waals surface area contributed by atoms with Crippen molar-refractivity contribution in [2.24, 2.45) is 0 Å². The highest BCUT2D eigenvalue weighted by Crippen LogP contribution is 2.44. The maximum absolute atomic E-state index is 13.7. The molecule has 5 rings (SSSR count). The molecule has 0 radical (unpaired) electrons. The number of benzene rings is 3. The lowest BCUT2D eigenvalue weighted by atomic mass is 9.98. The molecule has 0 bridgehead atoms. The molecule has 0 spiro atoms. The van der Waals surface area contributed by atoms with E-state index in [-0.39, 0.29) is 18.9 Å². The zero-order valence-corrected chi connectivity index (χ0v) is 17.8. The molecule has 0 saturated heterocycles. The zero-order valence-electron chi connectivity index (χ0n) is 17.8. The summed E-state index contributed by atoms with van der Waals surface area (Å²) < 4.78 is 32.6. The molecule has 1 aromatic heterocycles. The van der Waals surface area contributed by atoms with E-state index in [1.807, 2.05) is 48.5 Å². The van der Waals surface area contributed by atoms with Gasteiger partial charge in [-0.1, -0.05) is 48.5 Å². The summed E-state index contributed by atoms with van der Waals surface area (Å²) in [7, 11) is 0. The Morgan fingerprint density at radius 3 is 2.26 bits per heavy atom. The lowest BCUT2D eigenvalue weighted by molar-refractivity contribution is -0.139. The average Bonchev–Trinajstić information content (AvgIpc) is 3.36. The lowest BCUT2D eigenvalue weighted by Gasteiger charge is -2.17. The van der Waals surface area contributed by atoms with Crippen LogP contribution in [0.25, 0.3) is 22.0 Å². The number of aliphatic carboxylic acids is 1.